The molecule has 0 unspecified atom stereocenters. The SMILES string of the molecule is CCCCC(=O)Nc1cccc(C(=O)N2C[C@H]3C[C@@H](N4CCN(C)CC4)[C@H](O)C[C@H]3C2)c1. The second-order valence-corrected chi connectivity index (χ2v) is 9.91. The second kappa shape index (κ2) is 10.3. The third-order valence-corrected chi connectivity index (χ3v) is 7.55. The van der Waals surface area contributed by atoms with E-state index in [0.717, 1.165) is 58.4 Å². The van der Waals surface area contributed by atoms with E-state index in [0.29, 0.717) is 36.1 Å². The van der Waals surface area contributed by atoms with Gasteiger partial charge >= 0.3 is 0 Å². The summed E-state index contributed by atoms with van der Waals surface area (Å²) in [5.41, 5.74) is 1.30. The first-order chi connectivity index (χ1) is 15.4. The first kappa shape index (κ1) is 23.2. The number of aliphatic hydroxyl groups is 1. The normalized spacial score (nSPS) is 29.0. The summed E-state index contributed by atoms with van der Waals surface area (Å²) >= 11 is 0. The van der Waals surface area contributed by atoms with E-state index in [4.69, 9.17) is 0 Å². The number of carbonyl (C=O) groups excluding carboxylic acids is 2. The molecule has 4 atom stereocenters. The summed E-state index contributed by atoms with van der Waals surface area (Å²) in [4.78, 5) is 32.0. The molecule has 176 valence electrons. The van der Waals surface area contributed by atoms with Crippen molar-refractivity contribution in [2.24, 2.45) is 11.8 Å². The Morgan fingerprint density at radius 1 is 1.09 bits per heavy atom. The minimum Gasteiger partial charge on any atom is -0.391 e. The van der Waals surface area contributed by atoms with Crippen LogP contribution in [0.5, 0.6) is 0 Å². The van der Waals surface area contributed by atoms with Crippen LogP contribution < -0.4 is 5.32 Å². The van der Waals surface area contributed by atoms with E-state index in [1.807, 2.05) is 23.1 Å². The summed E-state index contributed by atoms with van der Waals surface area (Å²) in [6.45, 7) is 7.65. The Balaban J connectivity index is 1.36. The van der Waals surface area contributed by atoms with E-state index in [-0.39, 0.29) is 24.0 Å². The third kappa shape index (κ3) is 5.33. The molecule has 0 radical (unpaired) electrons. The van der Waals surface area contributed by atoms with Gasteiger partial charge in [0.25, 0.3) is 5.91 Å². The molecule has 2 N–H and O–H groups in total. The number of carbonyl (C=O) groups is 2. The second-order valence-electron chi connectivity index (χ2n) is 9.91. The van der Waals surface area contributed by atoms with Gasteiger partial charge in [0.05, 0.1) is 6.10 Å². The molecule has 0 bridgehead atoms. The van der Waals surface area contributed by atoms with Crippen molar-refractivity contribution < 1.29 is 14.7 Å². The maximum absolute atomic E-state index is 13.2. The van der Waals surface area contributed by atoms with Gasteiger partial charge in [-0.05, 0) is 56.3 Å². The first-order valence-corrected chi connectivity index (χ1v) is 12.2. The summed E-state index contributed by atoms with van der Waals surface area (Å²) in [6, 6.07) is 7.49. The fourth-order valence-corrected chi connectivity index (χ4v) is 5.59. The maximum atomic E-state index is 13.2. The van der Waals surface area contributed by atoms with Crippen LogP contribution in [0.3, 0.4) is 0 Å². The molecule has 32 heavy (non-hydrogen) atoms. The Kier molecular flexibility index (Phi) is 7.48. The number of benzene rings is 1. The molecule has 0 spiro atoms. The number of hydrogen-bond acceptors (Lipinski definition) is 5. The molecule has 4 rings (SSSR count). The Labute approximate surface area is 191 Å². The molecule has 2 aliphatic heterocycles. The van der Waals surface area contributed by atoms with Crippen LogP contribution in [0.1, 0.15) is 49.4 Å². The van der Waals surface area contributed by atoms with Crippen molar-refractivity contribution in [1.82, 2.24) is 14.7 Å². The van der Waals surface area contributed by atoms with Crippen molar-refractivity contribution in [2.45, 2.75) is 51.2 Å². The highest BCUT2D eigenvalue weighted by Gasteiger charge is 2.44. The summed E-state index contributed by atoms with van der Waals surface area (Å²) < 4.78 is 0. The van der Waals surface area contributed by atoms with E-state index in [1.54, 1.807) is 6.07 Å². The largest absolute Gasteiger partial charge is 0.391 e. The third-order valence-electron chi connectivity index (χ3n) is 7.55. The topological polar surface area (TPSA) is 76.1 Å². The van der Waals surface area contributed by atoms with Gasteiger partial charge in [-0.25, -0.2) is 0 Å². The number of piperazine rings is 1. The fraction of sp³-hybridized carbons (Fsp3) is 0.680. The van der Waals surface area contributed by atoms with Crippen molar-refractivity contribution in [3.05, 3.63) is 29.8 Å². The highest BCUT2D eigenvalue weighted by molar-refractivity contribution is 5.97. The quantitative estimate of drug-likeness (QED) is 0.707. The molecule has 2 saturated heterocycles. The number of likely N-dealkylation sites (N-methyl/N-ethyl adjacent to an activating group) is 1. The van der Waals surface area contributed by atoms with Gasteiger partial charge < -0.3 is 20.2 Å². The Bertz CT molecular complexity index is 808. The van der Waals surface area contributed by atoms with E-state index in [2.05, 4.69) is 29.1 Å². The molecular formula is C25H38N4O3. The van der Waals surface area contributed by atoms with Crippen LogP contribution in [0.2, 0.25) is 0 Å². The maximum Gasteiger partial charge on any atom is 0.253 e. The average Bonchev–Trinajstić information content (AvgIpc) is 3.20. The number of nitrogens with one attached hydrogen (secondary N) is 1. The Morgan fingerprint density at radius 2 is 1.81 bits per heavy atom. The van der Waals surface area contributed by atoms with Crippen LogP contribution in [0.15, 0.2) is 24.3 Å². The first-order valence-electron chi connectivity index (χ1n) is 12.2. The average molecular weight is 443 g/mol. The lowest BCUT2D eigenvalue weighted by Crippen LogP contribution is -2.55. The zero-order chi connectivity index (χ0) is 22.7. The number of hydrogen-bond donors (Lipinski definition) is 2. The molecule has 1 aliphatic carbocycles. The minimum atomic E-state index is -0.309. The Hall–Kier alpha value is -1.96. The zero-order valence-corrected chi connectivity index (χ0v) is 19.5. The van der Waals surface area contributed by atoms with E-state index in [9.17, 15) is 14.7 Å². The fourth-order valence-electron chi connectivity index (χ4n) is 5.59. The van der Waals surface area contributed by atoms with Gasteiger partial charge in [-0.15, -0.1) is 0 Å². The van der Waals surface area contributed by atoms with Crippen LogP contribution in [0, 0.1) is 11.8 Å². The van der Waals surface area contributed by atoms with Crippen LogP contribution in [0.25, 0.3) is 0 Å². The summed E-state index contributed by atoms with van der Waals surface area (Å²) in [5.74, 6) is 0.834. The van der Waals surface area contributed by atoms with Crippen molar-refractivity contribution in [3.8, 4) is 0 Å². The molecule has 1 saturated carbocycles. The molecule has 2 amide bonds. The van der Waals surface area contributed by atoms with Crippen LogP contribution in [-0.2, 0) is 4.79 Å². The summed E-state index contributed by atoms with van der Waals surface area (Å²) in [6.07, 6.45) is 3.78. The molecule has 7 nitrogen and oxygen atoms in total. The molecule has 0 aromatic heterocycles. The van der Waals surface area contributed by atoms with Crippen LogP contribution >= 0.6 is 0 Å². The highest BCUT2D eigenvalue weighted by Crippen LogP contribution is 2.39. The number of aliphatic hydroxyl groups excluding tert-OH is 1. The van der Waals surface area contributed by atoms with Crippen molar-refractivity contribution in [3.63, 3.8) is 0 Å². The lowest BCUT2D eigenvalue weighted by molar-refractivity contribution is -0.116. The number of rotatable bonds is 6. The Morgan fingerprint density at radius 3 is 2.53 bits per heavy atom. The highest BCUT2D eigenvalue weighted by atomic mass is 16.3. The number of fused-ring (bicyclic) bond motifs is 1. The van der Waals surface area contributed by atoms with Gasteiger partial charge in [-0.3, -0.25) is 14.5 Å². The van der Waals surface area contributed by atoms with Crippen molar-refractivity contribution in [1.29, 1.82) is 0 Å². The predicted octanol–water partition coefficient (Wildman–Crippen LogP) is 2.27. The standard InChI is InChI=1S/C25H38N4O3/c1-3-4-8-24(31)26-21-7-5-6-18(13-21)25(32)29-16-19-14-22(23(30)15-20(19)17-29)28-11-9-27(2)10-12-28/h5-7,13,19-20,22-23,30H,3-4,8-12,14-17H2,1-2H3,(H,26,31)/t19-,20+,22-,23-/m1/s1. The molecule has 2 heterocycles. The number of anilines is 1. The zero-order valence-electron chi connectivity index (χ0n) is 19.5. The van der Waals surface area contributed by atoms with Gasteiger partial charge in [0.2, 0.25) is 5.91 Å². The van der Waals surface area contributed by atoms with Crippen molar-refractivity contribution in [2.75, 3.05) is 51.6 Å². The predicted molar refractivity (Wildman–Crippen MR) is 126 cm³/mol. The van der Waals surface area contributed by atoms with Gasteiger partial charge in [0, 0.05) is 63.0 Å². The van der Waals surface area contributed by atoms with Crippen molar-refractivity contribution >= 4 is 17.5 Å². The number of amides is 2. The monoisotopic (exact) mass is 442 g/mol. The lowest BCUT2D eigenvalue weighted by Gasteiger charge is -2.44. The molecule has 1 aromatic rings. The molecule has 3 aliphatic rings. The smallest absolute Gasteiger partial charge is 0.253 e. The van der Waals surface area contributed by atoms with Crippen LogP contribution in [-0.4, -0.2) is 90.1 Å². The number of nitrogens with zero attached hydrogens (tertiary/aromatic N) is 3. The van der Waals surface area contributed by atoms with Gasteiger partial charge in [-0.1, -0.05) is 19.4 Å². The van der Waals surface area contributed by atoms with Gasteiger partial charge in [-0.2, -0.15) is 0 Å². The summed E-state index contributed by atoms with van der Waals surface area (Å²) in [5, 5.41) is 13.8. The molecule has 1 aromatic carbocycles. The number of unbranched alkanes of at least 4 members (excludes halogenated alkanes) is 1. The van der Waals surface area contributed by atoms with Gasteiger partial charge in [0.1, 0.15) is 0 Å². The van der Waals surface area contributed by atoms with E-state index < -0.39 is 0 Å². The number of likely N-dealkylation sites (tertiary alicyclic amines) is 1. The summed E-state index contributed by atoms with van der Waals surface area (Å²) in [7, 11) is 2.15. The lowest BCUT2D eigenvalue weighted by atomic mass is 9.77. The minimum absolute atomic E-state index is 0.00687. The van der Waals surface area contributed by atoms with Crippen LogP contribution in [0.4, 0.5) is 5.69 Å². The molecular weight excluding hydrogens is 404 g/mol. The molecule has 3 fully saturated rings. The van der Waals surface area contributed by atoms with Gasteiger partial charge in [0.15, 0.2) is 0 Å². The molecule has 7 heteroatoms. The van der Waals surface area contributed by atoms with E-state index >= 15 is 0 Å². The van der Waals surface area contributed by atoms with E-state index in [1.165, 1.54) is 0 Å².